The maximum Gasteiger partial charge on any atom is 0.273 e. The molecule has 2 aliphatic rings. The smallest absolute Gasteiger partial charge is 0.273 e. The molecule has 7 nitrogen and oxygen atoms in total. The van der Waals surface area contributed by atoms with Crippen molar-refractivity contribution in [2.75, 3.05) is 6.54 Å². The van der Waals surface area contributed by atoms with Crippen LogP contribution in [-0.4, -0.2) is 28.2 Å². The molecule has 0 saturated heterocycles. The van der Waals surface area contributed by atoms with Gasteiger partial charge in [-0.2, -0.15) is 0 Å². The predicted octanol–water partition coefficient (Wildman–Crippen LogP) is 5.52. The van der Waals surface area contributed by atoms with E-state index >= 15 is 0 Å². The van der Waals surface area contributed by atoms with Crippen molar-refractivity contribution in [3.63, 3.8) is 0 Å². The summed E-state index contributed by atoms with van der Waals surface area (Å²) in [5.74, 6) is 0.551. The molecule has 1 saturated carbocycles. The van der Waals surface area contributed by atoms with Crippen molar-refractivity contribution in [1.82, 2.24) is 15.2 Å². The number of ether oxygens (including phenoxy) is 1. The molecule has 1 aliphatic carbocycles. The van der Waals surface area contributed by atoms with Crippen molar-refractivity contribution in [3.8, 4) is 5.75 Å². The Morgan fingerprint density at radius 1 is 1.07 bits per heavy atom. The maximum absolute atomic E-state index is 13.2. The lowest BCUT2D eigenvalue weighted by molar-refractivity contribution is -0.134. The third-order valence-corrected chi connectivity index (χ3v) is 7.46. The summed E-state index contributed by atoms with van der Waals surface area (Å²) in [7, 11) is 0. The molecule has 0 spiro atoms. The number of hydrogen-bond acceptors (Lipinski definition) is 5. The van der Waals surface area contributed by atoms with E-state index in [9.17, 15) is 14.0 Å². The SMILES string of the molecule is Cc1ccc([C@@H]2c3cc(OCc4nc(C(=O)NCc5ccc(F)cc5)co4)ccc3CCN2C(=O)C2CC2)cc1. The Morgan fingerprint density at radius 2 is 1.85 bits per heavy atom. The Kier molecular flexibility index (Phi) is 7.07. The number of oxazole rings is 1. The first-order chi connectivity index (χ1) is 19.4. The van der Waals surface area contributed by atoms with Gasteiger partial charge in [-0.1, -0.05) is 48.0 Å². The van der Waals surface area contributed by atoms with Crippen molar-refractivity contribution in [2.24, 2.45) is 5.92 Å². The van der Waals surface area contributed by atoms with Gasteiger partial charge in [0, 0.05) is 19.0 Å². The van der Waals surface area contributed by atoms with Crippen molar-refractivity contribution in [1.29, 1.82) is 0 Å². The molecule has 1 N–H and O–H groups in total. The fraction of sp³-hybridized carbons (Fsp3) is 0.281. The quantitative estimate of drug-likeness (QED) is 0.319. The summed E-state index contributed by atoms with van der Waals surface area (Å²) in [6, 6.07) is 20.1. The number of fused-ring (bicyclic) bond motifs is 1. The number of rotatable bonds is 8. The van der Waals surface area contributed by atoms with Crippen molar-refractivity contribution < 1.29 is 23.1 Å². The second kappa shape index (κ2) is 11.0. The summed E-state index contributed by atoms with van der Waals surface area (Å²) in [6.45, 7) is 3.05. The van der Waals surface area contributed by atoms with Gasteiger partial charge in [-0.05, 0) is 72.7 Å². The molecule has 4 aromatic rings. The summed E-state index contributed by atoms with van der Waals surface area (Å²) < 4.78 is 24.6. The first-order valence-electron chi connectivity index (χ1n) is 13.5. The summed E-state index contributed by atoms with van der Waals surface area (Å²) in [5, 5.41) is 2.75. The molecule has 1 aromatic heterocycles. The zero-order valence-corrected chi connectivity index (χ0v) is 22.2. The van der Waals surface area contributed by atoms with E-state index in [1.807, 2.05) is 17.0 Å². The molecule has 2 heterocycles. The first-order valence-corrected chi connectivity index (χ1v) is 13.5. The average Bonchev–Trinajstić information content (AvgIpc) is 3.72. The lowest BCUT2D eigenvalue weighted by Gasteiger charge is -2.38. The van der Waals surface area contributed by atoms with Crippen LogP contribution in [0.15, 0.2) is 77.4 Å². The van der Waals surface area contributed by atoms with Crippen LogP contribution in [0.5, 0.6) is 5.75 Å². The molecule has 3 aromatic carbocycles. The molecular formula is C32H30FN3O4. The highest BCUT2D eigenvalue weighted by molar-refractivity contribution is 5.91. The summed E-state index contributed by atoms with van der Waals surface area (Å²) in [6.07, 6.45) is 4.02. The summed E-state index contributed by atoms with van der Waals surface area (Å²) in [4.78, 5) is 32.0. The molecule has 204 valence electrons. The highest BCUT2D eigenvalue weighted by Gasteiger charge is 2.39. The topological polar surface area (TPSA) is 84.7 Å². The van der Waals surface area contributed by atoms with Gasteiger partial charge in [0.05, 0.1) is 6.04 Å². The molecule has 0 radical (unpaired) electrons. The second-order valence-corrected chi connectivity index (χ2v) is 10.5. The van der Waals surface area contributed by atoms with E-state index in [0.29, 0.717) is 12.3 Å². The van der Waals surface area contributed by atoms with Crippen LogP contribution in [0.3, 0.4) is 0 Å². The fourth-order valence-corrected chi connectivity index (χ4v) is 5.10. The number of aryl methyl sites for hydroxylation is 1. The van der Waals surface area contributed by atoms with Crippen LogP contribution in [0.2, 0.25) is 0 Å². The van der Waals surface area contributed by atoms with Gasteiger partial charge in [-0.25, -0.2) is 9.37 Å². The fourth-order valence-electron chi connectivity index (χ4n) is 5.10. The monoisotopic (exact) mass is 539 g/mol. The van der Waals surface area contributed by atoms with Crippen LogP contribution < -0.4 is 10.1 Å². The molecule has 40 heavy (non-hydrogen) atoms. The Balaban J connectivity index is 1.15. The number of nitrogens with zero attached hydrogens (tertiary/aromatic N) is 2. The Labute approximate surface area is 232 Å². The largest absolute Gasteiger partial charge is 0.484 e. The minimum Gasteiger partial charge on any atom is -0.484 e. The van der Waals surface area contributed by atoms with Gasteiger partial charge >= 0.3 is 0 Å². The van der Waals surface area contributed by atoms with Gasteiger partial charge in [-0.3, -0.25) is 9.59 Å². The van der Waals surface area contributed by atoms with Gasteiger partial charge in [0.2, 0.25) is 11.8 Å². The number of benzene rings is 3. The number of carbonyl (C=O) groups is 2. The van der Waals surface area contributed by atoms with Crippen LogP contribution in [0.25, 0.3) is 0 Å². The number of aromatic nitrogens is 1. The molecule has 1 aliphatic heterocycles. The minimum absolute atomic E-state index is 0.0456. The molecule has 1 fully saturated rings. The van der Waals surface area contributed by atoms with Gasteiger partial charge in [0.15, 0.2) is 12.3 Å². The summed E-state index contributed by atoms with van der Waals surface area (Å²) >= 11 is 0. The number of halogens is 1. The van der Waals surface area contributed by atoms with E-state index in [2.05, 4.69) is 47.6 Å². The number of carbonyl (C=O) groups excluding carboxylic acids is 2. The maximum atomic E-state index is 13.2. The summed E-state index contributed by atoms with van der Waals surface area (Å²) in [5.41, 5.74) is 5.44. The number of amides is 2. The van der Waals surface area contributed by atoms with Crippen LogP contribution in [0.4, 0.5) is 4.39 Å². The number of nitrogens with one attached hydrogen (secondary N) is 1. The number of hydrogen-bond donors (Lipinski definition) is 1. The van der Waals surface area contributed by atoms with Crippen molar-refractivity contribution in [3.05, 3.63) is 118 Å². The third kappa shape index (κ3) is 5.61. The molecule has 0 unspecified atom stereocenters. The van der Waals surface area contributed by atoms with E-state index in [0.717, 1.165) is 36.0 Å². The highest BCUT2D eigenvalue weighted by Crippen LogP contribution is 2.41. The molecular weight excluding hydrogens is 509 g/mol. The zero-order valence-electron chi connectivity index (χ0n) is 22.2. The van der Waals surface area contributed by atoms with E-state index in [1.54, 1.807) is 12.1 Å². The molecule has 1 atom stereocenters. The predicted molar refractivity (Wildman–Crippen MR) is 146 cm³/mol. The van der Waals surface area contributed by atoms with Crippen LogP contribution in [-0.2, 0) is 24.4 Å². The van der Waals surface area contributed by atoms with E-state index < -0.39 is 5.91 Å². The van der Waals surface area contributed by atoms with Crippen molar-refractivity contribution >= 4 is 11.8 Å². The Bertz CT molecular complexity index is 1530. The zero-order chi connectivity index (χ0) is 27.6. The minimum atomic E-state index is -0.394. The highest BCUT2D eigenvalue weighted by atomic mass is 19.1. The molecule has 8 heteroatoms. The van der Waals surface area contributed by atoms with Gasteiger partial charge < -0.3 is 19.4 Å². The van der Waals surface area contributed by atoms with E-state index in [4.69, 9.17) is 9.15 Å². The van der Waals surface area contributed by atoms with Gasteiger partial charge in [0.1, 0.15) is 17.8 Å². The normalized spacial score (nSPS) is 16.4. The van der Waals surface area contributed by atoms with E-state index in [-0.39, 0.29) is 48.4 Å². The lowest BCUT2D eigenvalue weighted by Crippen LogP contribution is -2.41. The van der Waals surface area contributed by atoms with E-state index in [1.165, 1.54) is 29.5 Å². The van der Waals surface area contributed by atoms with Crippen LogP contribution >= 0.6 is 0 Å². The van der Waals surface area contributed by atoms with Crippen LogP contribution in [0, 0.1) is 18.7 Å². The van der Waals surface area contributed by atoms with Crippen molar-refractivity contribution in [2.45, 2.75) is 45.4 Å². The molecule has 0 bridgehead atoms. The van der Waals surface area contributed by atoms with Gasteiger partial charge in [0.25, 0.3) is 5.91 Å². The third-order valence-electron chi connectivity index (χ3n) is 7.46. The standard InChI is InChI=1S/C32H30FN3O4/c1-20-2-6-23(7-3-20)30-27-16-26(13-10-22(27)14-15-36(30)32(38)24-8-9-24)39-19-29-35-28(18-40-29)31(37)34-17-21-4-11-25(33)12-5-21/h2-7,10-13,16,18,24,30H,8-9,14-15,17,19H2,1H3,(H,34,37)/t30-/m1/s1. The molecule has 6 rings (SSSR count). The molecule has 2 amide bonds. The average molecular weight is 540 g/mol. The Hall–Kier alpha value is -4.46. The van der Waals surface area contributed by atoms with Crippen LogP contribution in [0.1, 0.15) is 63.1 Å². The first kappa shape index (κ1) is 25.8. The second-order valence-electron chi connectivity index (χ2n) is 10.5. The lowest BCUT2D eigenvalue weighted by atomic mass is 9.87. The Morgan fingerprint density at radius 3 is 2.60 bits per heavy atom. The van der Waals surface area contributed by atoms with Gasteiger partial charge in [-0.15, -0.1) is 0 Å².